The molecule has 1 aliphatic rings. The number of imide groups is 1. The molecule has 0 spiro atoms. The number of fused-ring (bicyclic) bond motifs is 1. The van der Waals surface area contributed by atoms with Gasteiger partial charge in [0, 0.05) is 24.4 Å². The number of hydrogen-bond acceptors (Lipinski definition) is 5. The number of benzene rings is 2. The van der Waals surface area contributed by atoms with E-state index in [1.807, 2.05) is 0 Å². The summed E-state index contributed by atoms with van der Waals surface area (Å²) in [6.45, 7) is 0. The first-order chi connectivity index (χ1) is 14.0. The summed E-state index contributed by atoms with van der Waals surface area (Å²) < 4.78 is 0. The van der Waals surface area contributed by atoms with Gasteiger partial charge in [0.1, 0.15) is 0 Å². The van der Waals surface area contributed by atoms with Crippen molar-refractivity contribution in [2.45, 2.75) is 12.8 Å². The number of anilines is 2. The number of amides is 3. The summed E-state index contributed by atoms with van der Waals surface area (Å²) in [7, 11) is 0. The lowest BCUT2D eigenvalue weighted by atomic mass is 10.1. The van der Waals surface area contributed by atoms with Crippen LogP contribution in [-0.4, -0.2) is 27.7 Å². The van der Waals surface area contributed by atoms with Gasteiger partial charge < -0.3 is 5.32 Å². The lowest BCUT2D eigenvalue weighted by molar-refractivity contribution is -0.136. The van der Waals surface area contributed by atoms with E-state index in [0.717, 1.165) is 5.01 Å². The summed E-state index contributed by atoms with van der Waals surface area (Å²) in [6.07, 6.45) is 1.87. The Labute approximate surface area is 175 Å². The van der Waals surface area contributed by atoms with Gasteiger partial charge in [-0.15, -0.1) is 0 Å². The quantitative estimate of drug-likeness (QED) is 0.605. The minimum atomic E-state index is -0.474. The molecule has 0 unspecified atom stereocenters. The highest BCUT2D eigenvalue weighted by atomic mass is 35.5. The van der Waals surface area contributed by atoms with Gasteiger partial charge in [0.2, 0.25) is 11.8 Å². The van der Waals surface area contributed by atoms with E-state index in [2.05, 4.69) is 15.7 Å². The van der Waals surface area contributed by atoms with Gasteiger partial charge >= 0.3 is 0 Å². The third-order valence-electron chi connectivity index (χ3n) is 4.49. The molecule has 3 aromatic rings. The lowest BCUT2D eigenvalue weighted by Crippen LogP contribution is -2.34. The molecule has 2 heterocycles. The summed E-state index contributed by atoms with van der Waals surface area (Å²) in [6, 6.07) is 11.7. The third kappa shape index (κ3) is 3.62. The molecule has 4 rings (SSSR count). The molecule has 2 N–H and O–H groups in total. The number of hydrogen-bond donors (Lipinski definition) is 2. The number of carbonyl (C=O) groups excluding carboxylic acids is 3. The van der Waals surface area contributed by atoms with Gasteiger partial charge in [-0.05, 0) is 24.3 Å². The normalized spacial score (nSPS) is 13.8. The number of pyridine rings is 1. The summed E-state index contributed by atoms with van der Waals surface area (Å²) in [5.74, 6) is -1.06. The average molecular weight is 429 g/mol. The van der Waals surface area contributed by atoms with Crippen LogP contribution in [0.25, 0.3) is 10.9 Å². The zero-order valence-electron chi connectivity index (χ0n) is 14.9. The van der Waals surface area contributed by atoms with Gasteiger partial charge in [0.15, 0.2) is 0 Å². The number of hydrazine groups is 1. The van der Waals surface area contributed by atoms with E-state index in [1.54, 1.807) is 42.5 Å². The number of aromatic nitrogens is 1. The van der Waals surface area contributed by atoms with Crippen molar-refractivity contribution in [3.8, 4) is 0 Å². The van der Waals surface area contributed by atoms with Gasteiger partial charge in [-0.1, -0.05) is 41.4 Å². The van der Waals surface area contributed by atoms with E-state index in [-0.39, 0.29) is 40.3 Å². The fraction of sp³-hybridized carbons (Fsp3) is 0.100. The Morgan fingerprint density at radius 1 is 0.931 bits per heavy atom. The largest absolute Gasteiger partial charge is 0.320 e. The molecule has 0 radical (unpaired) electrons. The predicted octanol–water partition coefficient (Wildman–Crippen LogP) is 4.27. The molecule has 0 saturated carbocycles. The molecular weight excluding hydrogens is 415 g/mol. The molecule has 1 aliphatic heterocycles. The molecule has 1 aromatic heterocycles. The maximum Gasteiger partial charge on any atom is 0.258 e. The highest BCUT2D eigenvalue weighted by molar-refractivity contribution is 6.40. The van der Waals surface area contributed by atoms with Crippen LogP contribution in [0, 0.1) is 0 Å². The van der Waals surface area contributed by atoms with Crippen molar-refractivity contribution < 1.29 is 14.4 Å². The van der Waals surface area contributed by atoms with Gasteiger partial charge in [-0.2, -0.15) is 5.01 Å². The topological polar surface area (TPSA) is 91.4 Å². The molecule has 9 heteroatoms. The zero-order valence-corrected chi connectivity index (χ0v) is 16.4. The second kappa shape index (κ2) is 7.69. The SMILES string of the molecule is O=C(Nc1cccc2c(NN3C(=O)CCC3=O)ccnc12)c1c(Cl)cccc1Cl. The Kier molecular flexibility index (Phi) is 5.08. The molecule has 146 valence electrons. The molecule has 0 bridgehead atoms. The van der Waals surface area contributed by atoms with E-state index < -0.39 is 5.91 Å². The highest BCUT2D eigenvalue weighted by Gasteiger charge is 2.29. The standard InChI is InChI=1S/C20H14Cl2N4O3/c21-12-4-2-5-13(22)18(12)20(29)24-15-6-1-3-11-14(9-10-23-19(11)15)25-26-16(27)7-8-17(26)28/h1-6,9-10H,7-8H2,(H,23,25)(H,24,29). The van der Waals surface area contributed by atoms with Crippen molar-refractivity contribution in [2.75, 3.05) is 10.7 Å². The Bertz CT molecular complexity index is 1130. The summed E-state index contributed by atoms with van der Waals surface area (Å²) in [5.41, 5.74) is 4.45. The van der Waals surface area contributed by atoms with Gasteiger partial charge in [-0.25, -0.2) is 0 Å². The Balaban J connectivity index is 1.69. The van der Waals surface area contributed by atoms with Gasteiger partial charge in [-0.3, -0.25) is 24.8 Å². The predicted molar refractivity (Wildman–Crippen MR) is 111 cm³/mol. The van der Waals surface area contributed by atoms with Crippen LogP contribution in [-0.2, 0) is 9.59 Å². The third-order valence-corrected chi connectivity index (χ3v) is 5.12. The van der Waals surface area contributed by atoms with Gasteiger partial charge in [0.25, 0.3) is 5.91 Å². The molecule has 1 fully saturated rings. The van der Waals surface area contributed by atoms with Crippen molar-refractivity contribution in [1.82, 2.24) is 9.99 Å². The molecule has 0 atom stereocenters. The van der Waals surface area contributed by atoms with Crippen molar-refractivity contribution in [1.29, 1.82) is 0 Å². The van der Waals surface area contributed by atoms with Crippen LogP contribution < -0.4 is 10.7 Å². The first-order valence-electron chi connectivity index (χ1n) is 8.71. The van der Waals surface area contributed by atoms with Gasteiger partial charge in [0.05, 0.1) is 32.5 Å². The van der Waals surface area contributed by atoms with Crippen molar-refractivity contribution in [3.05, 3.63) is 64.3 Å². The highest BCUT2D eigenvalue weighted by Crippen LogP contribution is 2.30. The second-order valence-corrected chi connectivity index (χ2v) is 7.16. The lowest BCUT2D eigenvalue weighted by Gasteiger charge is -2.18. The Morgan fingerprint density at radius 3 is 2.28 bits per heavy atom. The molecule has 2 aromatic carbocycles. The van der Waals surface area contributed by atoms with Crippen molar-refractivity contribution in [3.63, 3.8) is 0 Å². The fourth-order valence-electron chi connectivity index (χ4n) is 3.10. The molecule has 0 aliphatic carbocycles. The minimum Gasteiger partial charge on any atom is -0.320 e. The number of halogens is 2. The monoisotopic (exact) mass is 428 g/mol. The van der Waals surface area contributed by atoms with Crippen LogP contribution in [0.3, 0.4) is 0 Å². The molecule has 1 saturated heterocycles. The average Bonchev–Trinajstić information content (AvgIpc) is 3.00. The van der Waals surface area contributed by atoms with E-state index in [1.165, 1.54) is 6.20 Å². The van der Waals surface area contributed by atoms with Crippen LogP contribution in [0.4, 0.5) is 11.4 Å². The number of carbonyl (C=O) groups is 3. The van der Waals surface area contributed by atoms with Crippen molar-refractivity contribution in [2.24, 2.45) is 0 Å². The van der Waals surface area contributed by atoms with Crippen LogP contribution in [0.5, 0.6) is 0 Å². The molecule has 3 amide bonds. The zero-order chi connectivity index (χ0) is 20.5. The number of para-hydroxylation sites is 1. The van der Waals surface area contributed by atoms with E-state index in [0.29, 0.717) is 22.3 Å². The van der Waals surface area contributed by atoms with Crippen LogP contribution in [0.1, 0.15) is 23.2 Å². The van der Waals surface area contributed by atoms with Crippen molar-refractivity contribution >= 4 is 63.2 Å². The Morgan fingerprint density at radius 2 is 1.59 bits per heavy atom. The molecule has 7 nitrogen and oxygen atoms in total. The summed E-state index contributed by atoms with van der Waals surface area (Å²) >= 11 is 12.2. The maximum absolute atomic E-state index is 12.7. The molecular formula is C20H14Cl2N4O3. The maximum atomic E-state index is 12.7. The number of nitrogens with zero attached hydrogens (tertiary/aromatic N) is 2. The Hall–Kier alpha value is -3.16. The van der Waals surface area contributed by atoms with E-state index in [9.17, 15) is 14.4 Å². The summed E-state index contributed by atoms with van der Waals surface area (Å²) in [5, 5.41) is 4.87. The van der Waals surface area contributed by atoms with E-state index >= 15 is 0 Å². The number of nitrogens with one attached hydrogen (secondary N) is 2. The smallest absolute Gasteiger partial charge is 0.258 e. The first-order valence-corrected chi connectivity index (χ1v) is 9.47. The van der Waals surface area contributed by atoms with E-state index in [4.69, 9.17) is 23.2 Å². The minimum absolute atomic E-state index is 0.162. The molecule has 29 heavy (non-hydrogen) atoms. The van der Waals surface area contributed by atoms with Crippen LogP contribution >= 0.6 is 23.2 Å². The fourth-order valence-corrected chi connectivity index (χ4v) is 3.66. The second-order valence-electron chi connectivity index (χ2n) is 6.35. The summed E-state index contributed by atoms with van der Waals surface area (Å²) in [4.78, 5) is 40.9. The number of rotatable bonds is 4. The van der Waals surface area contributed by atoms with Crippen LogP contribution in [0.15, 0.2) is 48.7 Å². The first kappa shape index (κ1) is 19.2. The van der Waals surface area contributed by atoms with Crippen LogP contribution in [0.2, 0.25) is 10.0 Å².